The van der Waals surface area contributed by atoms with E-state index < -0.39 is 39.1 Å². The van der Waals surface area contributed by atoms with E-state index in [9.17, 15) is 30.8 Å². The van der Waals surface area contributed by atoms with E-state index in [2.05, 4.69) is 10.8 Å². The molecule has 1 fully saturated rings. The predicted molar refractivity (Wildman–Crippen MR) is 123 cm³/mol. The summed E-state index contributed by atoms with van der Waals surface area (Å²) in [6, 6.07) is 6.17. The molecule has 7 nitrogen and oxygen atoms in total. The number of nitrogens with one attached hydrogen (secondary N) is 2. The number of carbonyl (C=O) groups is 1. The molecule has 2 aliphatic heterocycles. The van der Waals surface area contributed by atoms with E-state index in [0.717, 1.165) is 12.1 Å². The van der Waals surface area contributed by atoms with Gasteiger partial charge < -0.3 is 5.32 Å². The fourth-order valence-electron chi connectivity index (χ4n) is 3.95. The first-order valence-corrected chi connectivity index (χ1v) is 12.8. The molecule has 4 rings (SSSR count). The topological polar surface area (TPSA) is 87.7 Å². The summed E-state index contributed by atoms with van der Waals surface area (Å²) in [6.07, 6.45) is -2.79. The number of amides is 1. The first kappa shape index (κ1) is 26.7. The largest absolute Gasteiger partial charge is 0.416 e. The number of sulfonamides is 1. The van der Waals surface area contributed by atoms with Gasteiger partial charge in [0.1, 0.15) is 22.0 Å². The molecule has 2 aliphatic rings. The maximum absolute atomic E-state index is 13.6. The Morgan fingerprint density at radius 2 is 1.83 bits per heavy atom. The maximum atomic E-state index is 13.6. The smallest absolute Gasteiger partial charge is 0.347 e. The summed E-state index contributed by atoms with van der Waals surface area (Å²) < 4.78 is 79.5. The molecule has 0 unspecified atom stereocenters. The zero-order valence-electron chi connectivity index (χ0n) is 18.3. The molecular weight excluding hydrogens is 549 g/mol. The van der Waals surface area contributed by atoms with Crippen LogP contribution in [0.4, 0.5) is 17.6 Å². The van der Waals surface area contributed by atoms with Crippen LogP contribution in [0.1, 0.15) is 24.0 Å². The summed E-state index contributed by atoms with van der Waals surface area (Å²) in [5, 5.41) is 2.68. The number of piperidine rings is 1. The van der Waals surface area contributed by atoms with Crippen molar-refractivity contribution in [2.45, 2.75) is 36.1 Å². The third-order valence-electron chi connectivity index (χ3n) is 5.83. The highest BCUT2D eigenvalue weighted by Gasteiger charge is 2.43. The minimum absolute atomic E-state index is 0.0108. The molecule has 0 aromatic heterocycles. The van der Waals surface area contributed by atoms with Crippen LogP contribution in [0.5, 0.6) is 0 Å². The van der Waals surface area contributed by atoms with E-state index >= 15 is 0 Å². The number of halogens is 6. The number of hydrogen-bond acceptors (Lipinski definition) is 5. The Hall–Kier alpha value is -2.38. The predicted octanol–water partition coefficient (Wildman–Crippen LogP) is 4.41. The number of hydroxylamine groups is 1. The van der Waals surface area contributed by atoms with Crippen molar-refractivity contribution in [3.05, 3.63) is 75.2 Å². The zero-order valence-corrected chi connectivity index (χ0v) is 20.7. The Morgan fingerprint density at radius 1 is 1.14 bits per heavy atom. The van der Waals surface area contributed by atoms with Crippen molar-refractivity contribution in [1.82, 2.24) is 15.1 Å². The van der Waals surface area contributed by atoms with Crippen LogP contribution in [0.15, 0.2) is 53.1 Å². The monoisotopic (exact) mass is 567 g/mol. The highest BCUT2D eigenvalue weighted by molar-refractivity contribution is 7.89. The number of carbonyl (C=O) groups excluding carboxylic acids is 1. The lowest BCUT2D eigenvalue weighted by atomic mass is 9.92. The molecule has 1 spiro atoms. The van der Waals surface area contributed by atoms with Gasteiger partial charge in [0.05, 0.1) is 10.6 Å². The first-order chi connectivity index (χ1) is 16.8. The van der Waals surface area contributed by atoms with Crippen LogP contribution in [0.3, 0.4) is 0 Å². The fourth-order valence-corrected chi connectivity index (χ4v) is 6.13. The third kappa shape index (κ3) is 5.62. The van der Waals surface area contributed by atoms with Gasteiger partial charge in [-0.25, -0.2) is 12.8 Å². The van der Waals surface area contributed by atoms with Crippen LogP contribution >= 0.6 is 23.2 Å². The fraction of sp³-hybridized carbons (Fsp3) is 0.318. The molecule has 2 aromatic carbocycles. The van der Waals surface area contributed by atoms with Gasteiger partial charge in [-0.05, 0) is 60.9 Å². The Morgan fingerprint density at radius 3 is 2.50 bits per heavy atom. The van der Waals surface area contributed by atoms with Crippen molar-refractivity contribution >= 4 is 39.1 Å². The maximum Gasteiger partial charge on any atom is 0.416 e. The van der Waals surface area contributed by atoms with E-state index in [1.165, 1.54) is 28.6 Å². The standard InChI is InChI=1S/C22H19Cl2F4N3O4S/c23-15-1-2-17(24)19(10-15)36(33,34)31-5-3-21(4-6-31)11-18(30-35-21)20(32)29-12-13-7-14(22(26,27)28)9-16(25)8-13/h1-2,7-11,30H,3-6,12H2,(H,29,32). The molecule has 36 heavy (non-hydrogen) atoms. The average molecular weight is 568 g/mol. The zero-order chi connectivity index (χ0) is 26.3. The average Bonchev–Trinajstić information content (AvgIpc) is 3.22. The van der Waals surface area contributed by atoms with Crippen molar-refractivity contribution in [2.75, 3.05) is 13.1 Å². The van der Waals surface area contributed by atoms with Crippen LogP contribution < -0.4 is 10.8 Å². The lowest BCUT2D eigenvalue weighted by molar-refractivity contribution is -0.137. The van der Waals surface area contributed by atoms with Crippen LogP contribution in [0.2, 0.25) is 10.0 Å². The molecule has 0 atom stereocenters. The number of benzene rings is 2. The van der Waals surface area contributed by atoms with Crippen LogP contribution in [0, 0.1) is 5.82 Å². The highest BCUT2D eigenvalue weighted by atomic mass is 35.5. The normalized spacial score (nSPS) is 18.1. The van der Waals surface area contributed by atoms with Crippen LogP contribution in [-0.2, 0) is 32.4 Å². The van der Waals surface area contributed by atoms with Gasteiger partial charge in [0.25, 0.3) is 5.91 Å². The summed E-state index contributed by atoms with van der Waals surface area (Å²) in [6.45, 7) is -0.207. The Labute approximate surface area is 214 Å². The molecule has 0 bridgehead atoms. The summed E-state index contributed by atoms with van der Waals surface area (Å²) in [5.41, 5.74) is 0.316. The van der Waals surface area contributed by atoms with Gasteiger partial charge in [0.2, 0.25) is 10.0 Å². The summed E-state index contributed by atoms with van der Waals surface area (Å²) in [7, 11) is -3.92. The third-order valence-corrected chi connectivity index (χ3v) is 8.45. The molecule has 0 saturated carbocycles. The van der Waals surface area contributed by atoms with Crippen molar-refractivity contribution < 1.29 is 35.6 Å². The minimum Gasteiger partial charge on any atom is -0.347 e. The van der Waals surface area contributed by atoms with E-state index in [4.69, 9.17) is 28.0 Å². The quantitative estimate of drug-likeness (QED) is 0.522. The van der Waals surface area contributed by atoms with Crippen LogP contribution in [0.25, 0.3) is 0 Å². The first-order valence-electron chi connectivity index (χ1n) is 10.6. The molecule has 2 heterocycles. The molecule has 14 heteroatoms. The van der Waals surface area contributed by atoms with Gasteiger partial charge in [-0.1, -0.05) is 23.2 Å². The van der Waals surface area contributed by atoms with E-state index in [1.54, 1.807) is 0 Å². The SMILES string of the molecule is O=C(NCc1cc(F)cc(C(F)(F)F)c1)C1=CC2(CCN(S(=O)(=O)c3cc(Cl)ccc3Cl)CC2)ON1. The van der Waals surface area contributed by atoms with E-state index in [1.807, 2.05) is 0 Å². The second kappa shape index (κ2) is 9.82. The van der Waals surface area contributed by atoms with Crippen molar-refractivity contribution in [3.63, 3.8) is 0 Å². The van der Waals surface area contributed by atoms with Gasteiger partial charge in [0, 0.05) is 24.7 Å². The number of nitrogens with zero attached hydrogens (tertiary/aromatic N) is 1. The van der Waals surface area contributed by atoms with Gasteiger partial charge in [-0.15, -0.1) is 0 Å². The van der Waals surface area contributed by atoms with E-state index in [-0.39, 0.29) is 58.7 Å². The van der Waals surface area contributed by atoms with Gasteiger partial charge in [0.15, 0.2) is 0 Å². The molecule has 1 amide bonds. The molecule has 2 aromatic rings. The highest BCUT2D eigenvalue weighted by Crippen LogP contribution is 2.36. The summed E-state index contributed by atoms with van der Waals surface area (Å²) >= 11 is 12.0. The number of hydrogen-bond donors (Lipinski definition) is 2. The van der Waals surface area contributed by atoms with Crippen LogP contribution in [-0.4, -0.2) is 37.3 Å². The molecule has 0 aliphatic carbocycles. The molecular formula is C22H19Cl2F4N3O4S. The van der Waals surface area contributed by atoms with E-state index in [0.29, 0.717) is 6.07 Å². The number of rotatable bonds is 5. The molecule has 2 N–H and O–H groups in total. The molecule has 194 valence electrons. The second-order valence-corrected chi connectivity index (χ2v) is 11.1. The summed E-state index contributed by atoms with van der Waals surface area (Å²) in [5.74, 6) is -1.75. The lowest BCUT2D eigenvalue weighted by Crippen LogP contribution is -2.46. The Bertz CT molecular complexity index is 1330. The summed E-state index contributed by atoms with van der Waals surface area (Å²) in [4.78, 5) is 18.0. The molecule has 0 radical (unpaired) electrons. The molecule has 1 saturated heterocycles. The van der Waals surface area contributed by atoms with Crippen molar-refractivity contribution in [3.8, 4) is 0 Å². The van der Waals surface area contributed by atoms with Gasteiger partial charge in [-0.2, -0.15) is 17.5 Å². The van der Waals surface area contributed by atoms with Gasteiger partial charge >= 0.3 is 6.18 Å². The lowest BCUT2D eigenvalue weighted by Gasteiger charge is -2.36. The van der Waals surface area contributed by atoms with Gasteiger partial charge in [-0.3, -0.25) is 15.1 Å². The Kier molecular flexibility index (Phi) is 7.28. The minimum atomic E-state index is -4.73. The Balaban J connectivity index is 1.40. The van der Waals surface area contributed by atoms with Crippen molar-refractivity contribution in [2.24, 2.45) is 0 Å². The number of alkyl halides is 3. The second-order valence-electron chi connectivity index (χ2n) is 8.33. The van der Waals surface area contributed by atoms with Crippen molar-refractivity contribution in [1.29, 1.82) is 0 Å².